The number of benzene rings is 2. The van der Waals surface area contributed by atoms with Crippen LogP contribution < -0.4 is 15.0 Å². The van der Waals surface area contributed by atoms with Gasteiger partial charge in [0, 0.05) is 18.0 Å². The van der Waals surface area contributed by atoms with Crippen molar-refractivity contribution < 1.29 is 14.0 Å². The predicted octanol–water partition coefficient (Wildman–Crippen LogP) is 4.45. The summed E-state index contributed by atoms with van der Waals surface area (Å²) in [5.74, 6) is 2.18. The molecule has 5 aromatic rings. The number of ether oxygens (including phenoxy) is 2. The van der Waals surface area contributed by atoms with Gasteiger partial charge >= 0.3 is 0 Å². The quantitative estimate of drug-likeness (QED) is 0.293. The van der Waals surface area contributed by atoms with E-state index in [0.717, 1.165) is 29.7 Å². The van der Waals surface area contributed by atoms with Gasteiger partial charge < -0.3 is 18.6 Å². The van der Waals surface area contributed by atoms with Crippen molar-refractivity contribution in [1.29, 1.82) is 0 Å². The van der Waals surface area contributed by atoms with E-state index in [0.29, 0.717) is 35.3 Å². The highest BCUT2D eigenvalue weighted by Crippen LogP contribution is 2.27. The van der Waals surface area contributed by atoms with Gasteiger partial charge in [-0.2, -0.15) is 10.1 Å². The molecule has 35 heavy (non-hydrogen) atoms. The van der Waals surface area contributed by atoms with E-state index in [1.807, 2.05) is 48.5 Å². The molecule has 0 atom stereocenters. The van der Waals surface area contributed by atoms with Gasteiger partial charge in [-0.15, -0.1) is 0 Å². The van der Waals surface area contributed by atoms with Crippen molar-refractivity contribution in [3.63, 3.8) is 0 Å². The van der Waals surface area contributed by atoms with Crippen LogP contribution in [-0.4, -0.2) is 38.0 Å². The lowest BCUT2D eigenvalue weighted by atomic mass is 10.1. The average molecular weight is 472 g/mol. The maximum absolute atomic E-state index is 13.1. The van der Waals surface area contributed by atoms with Crippen molar-refractivity contribution in [1.82, 2.24) is 24.3 Å². The van der Waals surface area contributed by atoms with Crippen molar-refractivity contribution >= 4 is 5.52 Å². The Balaban J connectivity index is 1.37. The molecule has 0 aliphatic carbocycles. The largest absolute Gasteiger partial charge is 0.496 e. The first-order valence-corrected chi connectivity index (χ1v) is 11.4. The van der Waals surface area contributed by atoms with E-state index in [2.05, 4.69) is 22.2 Å². The van der Waals surface area contributed by atoms with Gasteiger partial charge in [-0.3, -0.25) is 4.79 Å². The van der Waals surface area contributed by atoms with E-state index in [1.54, 1.807) is 30.1 Å². The molecule has 0 N–H and O–H groups in total. The first kappa shape index (κ1) is 22.4. The van der Waals surface area contributed by atoms with Crippen molar-refractivity contribution in [2.45, 2.75) is 26.3 Å². The molecular formula is C26H25N5O4. The fourth-order valence-electron chi connectivity index (χ4n) is 3.75. The third kappa shape index (κ3) is 4.65. The molecule has 0 aliphatic heterocycles. The topological polar surface area (TPSA) is 96.7 Å². The molecule has 0 radical (unpaired) electrons. The van der Waals surface area contributed by atoms with Gasteiger partial charge in [0.25, 0.3) is 5.56 Å². The van der Waals surface area contributed by atoms with Crippen molar-refractivity contribution in [2.75, 3.05) is 13.7 Å². The third-order valence-corrected chi connectivity index (χ3v) is 5.64. The van der Waals surface area contributed by atoms with Gasteiger partial charge in [-0.1, -0.05) is 30.6 Å². The van der Waals surface area contributed by atoms with E-state index < -0.39 is 0 Å². The second kappa shape index (κ2) is 9.84. The molecule has 0 bridgehead atoms. The number of unbranched alkanes of at least 4 members (excludes halogenated alkanes) is 1. The molecule has 0 aliphatic rings. The zero-order valence-corrected chi connectivity index (χ0v) is 19.5. The fraction of sp³-hybridized carbons (Fsp3) is 0.231. The Labute approximate surface area is 201 Å². The SMILES string of the molecule is CCCCOc1ccc(-c2cc3c(=O)n(Cc4nc(-c5ccccc5OC)no4)ccn3n2)cc1. The summed E-state index contributed by atoms with van der Waals surface area (Å²) in [6.07, 6.45) is 5.50. The molecule has 9 nitrogen and oxygen atoms in total. The molecule has 0 fully saturated rings. The molecule has 0 unspecified atom stereocenters. The molecule has 3 aromatic heterocycles. The number of hydrogen-bond donors (Lipinski definition) is 0. The van der Waals surface area contributed by atoms with Crippen LogP contribution in [0.5, 0.6) is 11.5 Å². The Bertz CT molecular complexity index is 1500. The van der Waals surface area contributed by atoms with Crippen LogP contribution >= 0.6 is 0 Å². The highest BCUT2D eigenvalue weighted by Gasteiger charge is 2.15. The Morgan fingerprint density at radius 3 is 2.69 bits per heavy atom. The van der Waals surface area contributed by atoms with Crippen LogP contribution in [0, 0.1) is 0 Å². The van der Waals surface area contributed by atoms with Crippen molar-refractivity contribution in [3.05, 3.63) is 83.2 Å². The highest BCUT2D eigenvalue weighted by molar-refractivity contribution is 5.66. The minimum absolute atomic E-state index is 0.141. The first-order chi connectivity index (χ1) is 17.2. The van der Waals surface area contributed by atoms with Crippen LogP contribution in [-0.2, 0) is 6.54 Å². The summed E-state index contributed by atoms with van der Waals surface area (Å²) in [4.78, 5) is 17.6. The van der Waals surface area contributed by atoms with Crippen molar-refractivity contribution in [2.24, 2.45) is 0 Å². The summed E-state index contributed by atoms with van der Waals surface area (Å²) >= 11 is 0. The molecule has 0 saturated carbocycles. The molecule has 0 saturated heterocycles. The number of aromatic nitrogens is 5. The second-order valence-electron chi connectivity index (χ2n) is 8.03. The van der Waals surface area contributed by atoms with Gasteiger partial charge in [-0.25, -0.2) is 4.52 Å². The minimum Gasteiger partial charge on any atom is -0.496 e. The summed E-state index contributed by atoms with van der Waals surface area (Å²) in [7, 11) is 1.59. The smallest absolute Gasteiger partial charge is 0.277 e. The Kier molecular flexibility index (Phi) is 6.30. The van der Waals surface area contributed by atoms with Gasteiger partial charge in [0.1, 0.15) is 23.6 Å². The predicted molar refractivity (Wildman–Crippen MR) is 131 cm³/mol. The third-order valence-electron chi connectivity index (χ3n) is 5.64. The van der Waals surface area contributed by atoms with Crippen LogP contribution in [0.2, 0.25) is 0 Å². The maximum atomic E-state index is 13.1. The summed E-state index contributed by atoms with van der Waals surface area (Å²) in [6, 6.07) is 16.9. The number of fused-ring (bicyclic) bond motifs is 1. The van der Waals surface area contributed by atoms with Crippen LogP contribution in [0.4, 0.5) is 0 Å². The van der Waals surface area contributed by atoms with Gasteiger partial charge in [0.2, 0.25) is 11.7 Å². The number of methoxy groups -OCH3 is 1. The number of para-hydroxylation sites is 1. The summed E-state index contributed by atoms with van der Waals surface area (Å²) in [6.45, 7) is 2.97. The zero-order valence-electron chi connectivity index (χ0n) is 19.5. The molecule has 0 amide bonds. The van der Waals surface area contributed by atoms with Crippen LogP contribution in [0.15, 0.2) is 76.3 Å². The minimum atomic E-state index is -0.206. The highest BCUT2D eigenvalue weighted by atomic mass is 16.5. The van der Waals surface area contributed by atoms with E-state index in [4.69, 9.17) is 14.0 Å². The standard InChI is InChI=1S/C26H25N5O4/c1-3-4-15-34-19-11-9-18(10-12-19)21-16-22-26(32)30(13-14-31(22)28-21)17-24-27-25(29-35-24)20-7-5-6-8-23(20)33-2/h5-14,16H,3-4,15,17H2,1-2H3. The normalized spacial score (nSPS) is 11.1. The summed E-state index contributed by atoms with van der Waals surface area (Å²) in [5.41, 5.74) is 2.57. The summed E-state index contributed by atoms with van der Waals surface area (Å²) in [5, 5.41) is 8.61. The monoisotopic (exact) mass is 471 g/mol. The van der Waals surface area contributed by atoms with Crippen LogP contribution in [0.25, 0.3) is 28.2 Å². The molecule has 3 heterocycles. The van der Waals surface area contributed by atoms with E-state index in [9.17, 15) is 4.79 Å². The molecular weight excluding hydrogens is 446 g/mol. The molecule has 5 rings (SSSR count). The lowest BCUT2D eigenvalue weighted by molar-refractivity contribution is 0.309. The average Bonchev–Trinajstić information content (AvgIpc) is 3.54. The Hall–Kier alpha value is -4.40. The Morgan fingerprint density at radius 2 is 1.89 bits per heavy atom. The second-order valence-corrected chi connectivity index (χ2v) is 8.03. The molecule has 9 heteroatoms. The fourth-order valence-corrected chi connectivity index (χ4v) is 3.75. The number of nitrogens with zero attached hydrogens (tertiary/aromatic N) is 5. The lowest BCUT2D eigenvalue weighted by Gasteiger charge is -2.05. The number of rotatable bonds is 9. The lowest BCUT2D eigenvalue weighted by Crippen LogP contribution is -2.21. The molecule has 178 valence electrons. The van der Waals surface area contributed by atoms with Crippen LogP contribution in [0.1, 0.15) is 25.7 Å². The van der Waals surface area contributed by atoms with Gasteiger partial charge in [0.05, 0.1) is 25.0 Å². The number of hydrogen-bond acceptors (Lipinski definition) is 7. The van der Waals surface area contributed by atoms with E-state index in [-0.39, 0.29) is 12.1 Å². The Morgan fingerprint density at radius 1 is 1.06 bits per heavy atom. The zero-order chi connectivity index (χ0) is 24.2. The summed E-state index contributed by atoms with van der Waals surface area (Å²) < 4.78 is 19.6. The molecule has 2 aromatic carbocycles. The van der Waals surface area contributed by atoms with E-state index >= 15 is 0 Å². The first-order valence-electron chi connectivity index (χ1n) is 11.4. The van der Waals surface area contributed by atoms with Crippen LogP contribution in [0.3, 0.4) is 0 Å². The molecule has 0 spiro atoms. The van der Waals surface area contributed by atoms with E-state index in [1.165, 1.54) is 4.57 Å². The van der Waals surface area contributed by atoms with Gasteiger partial charge in [-0.05, 0) is 48.9 Å². The van der Waals surface area contributed by atoms with Gasteiger partial charge in [0.15, 0.2) is 0 Å². The maximum Gasteiger partial charge on any atom is 0.277 e. The van der Waals surface area contributed by atoms with Crippen molar-refractivity contribution in [3.8, 4) is 34.1 Å².